The molecule has 0 atom stereocenters. The number of pyridine rings is 1. The third kappa shape index (κ3) is 3.61. The highest BCUT2D eigenvalue weighted by atomic mass is 16.5. The van der Waals surface area contributed by atoms with Gasteiger partial charge in [0.15, 0.2) is 11.5 Å². The van der Waals surface area contributed by atoms with Crippen molar-refractivity contribution in [3.8, 4) is 11.5 Å². The molecule has 0 radical (unpaired) electrons. The summed E-state index contributed by atoms with van der Waals surface area (Å²) < 4.78 is 10.8. The van der Waals surface area contributed by atoms with E-state index in [-0.39, 0.29) is 0 Å². The maximum atomic E-state index is 5.48. The van der Waals surface area contributed by atoms with E-state index in [1.165, 1.54) is 0 Å². The largest absolute Gasteiger partial charge is 0.493 e. The molecule has 4 heteroatoms. The second-order valence-corrected chi connectivity index (χ2v) is 3.97. The monoisotopic (exact) mass is 258 g/mol. The molecule has 0 aliphatic heterocycles. The first kappa shape index (κ1) is 13.2. The first-order chi connectivity index (χ1) is 9.33. The Morgan fingerprint density at radius 2 is 2.05 bits per heavy atom. The predicted molar refractivity (Wildman–Crippen MR) is 75.7 cm³/mol. The zero-order valence-corrected chi connectivity index (χ0v) is 11.2. The van der Waals surface area contributed by atoms with Crippen LogP contribution in [0.5, 0.6) is 11.5 Å². The number of ether oxygens (including phenoxy) is 2. The topological polar surface area (TPSA) is 43.4 Å². The lowest BCUT2D eigenvalue weighted by Gasteiger charge is -2.12. The van der Waals surface area contributed by atoms with E-state index in [1.54, 1.807) is 13.3 Å². The lowest BCUT2D eigenvalue weighted by atomic mass is 10.2. The number of hydrogen-bond acceptors (Lipinski definition) is 4. The number of hydrogen-bond donors (Lipinski definition) is 1. The summed E-state index contributed by atoms with van der Waals surface area (Å²) in [4.78, 5) is 4.26. The number of anilines is 1. The van der Waals surface area contributed by atoms with E-state index < -0.39 is 0 Å². The van der Waals surface area contributed by atoms with Crippen molar-refractivity contribution >= 4 is 5.69 Å². The van der Waals surface area contributed by atoms with Crippen molar-refractivity contribution in [1.29, 1.82) is 0 Å². The predicted octanol–water partition coefficient (Wildman–Crippen LogP) is 3.10. The van der Waals surface area contributed by atoms with Crippen LogP contribution < -0.4 is 14.8 Å². The lowest BCUT2D eigenvalue weighted by Crippen LogP contribution is -2.02. The number of rotatable bonds is 6. The van der Waals surface area contributed by atoms with Crippen LogP contribution in [0.25, 0.3) is 0 Å². The molecule has 2 aromatic rings. The summed E-state index contributed by atoms with van der Waals surface area (Å²) in [5.74, 6) is 1.49. The van der Waals surface area contributed by atoms with Gasteiger partial charge in [0.05, 0.1) is 26.0 Å². The molecule has 0 unspecified atom stereocenters. The Morgan fingerprint density at radius 3 is 2.74 bits per heavy atom. The fourth-order valence-corrected chi connectivity index (χ4v) is 1.75. The highest BCUT2D eigenvalue weighted by molar-refractivity contribution is 5.54. The Bertz CT molecular complexity index is 515. The molecule has 1 N–H and O–H groups in total. The van der Waals surface area contributed by atoms with Crippen molar-refractivity contribution in [3.05, 3.63) is 48.3 Å². The summed E-state index contributed by atoms with van der Waals surface area (Å²) in [6.45, 7) is 3.25. The number of methoxy groups -OCH3 is 1. The quantitative estimate of drug-likeness (QED) is 0.864. The van der Waals surface area contributed by atoms with Crippen LogP contribution in [0.15, 0.2) is 42.6 Å². The van der Waals surface area contributed by atoms with Crippen LogP contribution in [0, 0.1) is 0 Å². The van der Waals surface area contributed by atoms with E-state index in [1.807, 2.05) is 43.3 Å². The number of nitrogens with zero attached hydrogens (tertiary/aromatic N) is 1. The Balaban J connectivity index is 2.05. The van der Waals surface area contributed by atoms with Crippen molar-refractivity contribution in [2.24, 2.45) is 0 Å². The minimum Gasteiger partial charge on any atom is -0.493 e. The van der Waals surface area contributed by atoms with Gasteiger partial charge in [-0.2, -0.15) is 0 Å². The van der Waals surface area contributed by atoms with Gasteiger partial charge in [-0.3, -0.25) is 4.98 Å². The van der Waals surface area contributed by atoms with Crippen LogP contribution in [-0.4, -0.2) is 18.7 Å². The Morgan fingerprint density at radius 1 is 1.16 bits per heavy atom. The molecule has 4 nitrogen and oxygen atoms in total. The van der Waals surface area contributed by atoms with Gasteiger partial charge in [0.2, 0.25) is 0 Å². The lowest BCUT2D eigenvalue weighted by molar-refractivity contribution is 0.311. The second kappa shape index (κ2) is 6.64. The van der Waals surface area contributed by atoms with Gasteiger partial charge in [-0.05, 0) is 31.2 Å². The molecule has 19 heavy (non-hydrogen) atoms. The SMILES string of the molecule is CCOc1ccc(NCc2ccccn2)cc1OC. The van der Waals surface area contributed by atoms with Gasteiger partial charge in [-0.25, -0.2) is 0 Å². The first-order valence-corrected chi connectivity index (χ1v) is 6.28. The number of benzene rings is 1. The summed E-state index contributed by atoms with van der Waals surface area (Å²) in [6.07, 6.45) is 1.79. The van der Waals surface area contributed by atoms with Gasteiger partial charge in [-0.15, -0.1) is 0 Å². The van der Waals surface area contributed by atoms with E-state index in [4.69, 9.17) is 9.47 Å². The molecule has 0 aliphatic carbocycles. The van der Waals surface area contributed by atoms with Crippen molar-refractivity contribution in [1.82, 2.24) is 4.98 Å². The number of nitrogens with one attached hydrogen (secondary N) is 1. The van der Waals surface area contributed by atoms with E-state index in [0.717, 1.165) is 22.9 Å². The highest BCUT2D eigenvalue weighted by Crippen LogP contribution is 2.30. The average molecular weight is 258 g/mol. The minimum atomic E-state index is 0.622. The molecule has 0 bridgehead atoms. The molecular formula is C15H18N2O2. The molecule has 1 aromatic carbocycles. The van der Waals surface area contributed by atoms with Gasteiger partial charge < -0.3 is 14.8 Å². The van der Waals surface area contributed by atoms with Crippen LogP contribution in [0.4, 0.5) is 5.69 Å². The Labute approximate surface area is 113 Å². The van der Waals surface area contributed by atoms with Crippen molar-refractivity contribution < 1.29 is 9.47 Å². The zero-order valence-electron chi connectivity index (χ0n) is 11.2. The molecule has 1 heterocycles. The molecule has 1 aromatic heterocycles. The molecule has 0 amide bonds. The van der Waals surface area contributed by atoms with Gasteiger partial charge in [-0.1, -0.05) is 6.07 Å². The van der Waals surface area contributed by atoms with E-state index in [0.29, 0.717) is 13.2 Å². The molecule has 0 aliphatic rings. The normalized spacial score (nSPS) is 10.0. The Hall–Kier alpha value is -2.23. The maximum absolute atomic E-state index is 5.48. The first-order valence-electron chi connectivity index (χ1n) is 6.28. The fourth-order valence-electron chi connectivity index (χ4n) is 1.75. The molecule has 0 saturated carbocycles. The summed E-state index contributed by atoms with van der Waals surface area (Å²) >= 11 is 0. The van der Waals surface area contributed by atoms with Crippen molar-refractivity contribution in [2.45, 2.75) is 13.5 Å². The van der Waals surface area contributed by atoms with Crippen LogP contribution in [-0.2, 0) is 6.54 Å². The third-order valence-electron chi connectivity index (χ3n) is 2.66. The molecule has 100 valence electrons. The summed E-state index contributed by atoms with van der Waals surface area (Å²) in [7, 11) is 1.64. The average Bonchev–Trinajstić information content (AvgIpc) is 2.47. The van der Waals surface area contributed by atoms with Crippen molar-refractivity contribution in [2.75, 3.05) is 19.0 Å². The van der Waals surface area contributed by atoms with E-state index in [9.17, 15) is 0 Å². The zero-order chi connectivity index (χ0) is 13.5. The summed E-state index contributed by atoms with van der Waals surface area (Å²) in [5.41, 5.74) is 1.97. The van der Waals surface area contributed by atoms with Crippen LogP contribution >= 0.6 is 0 Å². The standard InChI is InChI=1S/C15H18N2O2/c1-3-19-14-8-7-12(10-15(14)18-2)17-11-13-6-4-5-9-16-13/h4-10,17H,3,11H2,1-2H3. The smallest absolute Gasteiger partial charge is 0.162 e. The fraction of sp³-hybridized carbons (Fsp3) is 0.267. The van der Waals surface area contributed by atoms with Crippen molar-refractivity contribution in [3.63, 3.8) is 0 Å². The highest BCUT2D eigenvalue weighted by Gasteiger charge is 2.05. The molecule has 0 fully saturated rings. The number of aromatic nitrogens is 1. The van der Waals surface area contributed by atoms with E-state index in [2.05, 4.69) is 10.3 Å². The van der Waals surface area contributed by atoms with Crippen LogP contribution in [0.1, 0.15) is 12.6 Å². The molecule has 2 rings (SSSR count). The van der Waals surface area contributed by atoms with Crippen LogP contribution in [0.3, 0.4) is 0 Å². The molecular weight excluding hydrogens is 240 g/mol. The molecule has 0 spiro atoms. The minimum absolute atomic E-state index is 0.622. The summed E-state index contributed by atoms with van der Waals surface area (Å²) in [5, 5.41) is 3.31. The van der Waals surface area contributed by atoms with E-state index >= 15 is 0 Å². The molecule has 0 saturated heterocycles. The van der Waals surface area contributed by atoms with Gasteiger partial charge >= 0.3 is 0 Å². The maximum Gasteiger partial charge on any atom is 0.162 e. The van der Waals surface area contributed by atoms with Gasteiger partial charge in [0.25, 0.3) is 0 Å². The summed E-state index contributed by atoms with van der Waals surface area (Å²) in [6, 6.07) is 11.7. The second-order valence-electron chi connectivity index (χ2n) is 3.97. The van der Waals surface area contributed by atoms with Gasteiger partial charge in [0, 0.05) is 18.0 Å². The van der Waals surface area contributed by atoms with Gasteiger partial charge in [0.1, 0.15) is 0 Å². The third-order valence-corrected chi connectivity index (χ3v) is 2.66. The van der Waals surface area contributed by atoms with Crippen LogP contribution in [0.2, 0.25) is 0 Å². The Kier molecular flexibility index (Phi) is 4.61.